The molecule has 48 heavy (non-hydrogen) atoms. The summed E-state index contributed by atoms with van der Waals surface area (Å²) in [6, 6.07) is 4.27. The van der Waals surface area contributed by atoms with Gasteiger partial charge in [0.15, 0.2) is 23.0 Å². The van der Waals surface area contributed by atoms with Crippen molar-refractivity contribution in [1.29, 1.82) is 0 Å². The van der Waals surface area contributed by atoms with Gasteiger partial charge in [-0.05, 0) is 151 Å². The minimum absolute atomic E-state index is 0.195. The Balaban J connectivity index is 0.000000260. The highest BCUT2D eigenvalue weighted by Gasteiger charge is 2.35. The summed E-state index contributed by atoms with van der Waals surface area (Å²) < 4.78 is 10.9. The lowest BCUT2D eigenvalue weighted by atomic mass is 9.70. The Bertz CT molecular complexity index is 1410. The topological polar surface area (TPSA) is 99.4 Å². The highest BCUT2D eigenvalue weighted by molar-refractivity contribution is 5.58. The molecule has 2 aliphatic carbocycles. The van der Waals surface area contributed by atoms with Crippen LogP contribution in [0.15, 0.2) is 35.4 Å². The molecule has 0 saturated heterocycles. The molecule has 2 aliphatic rings. The molecule has 4 rings (SSSR count). The highest BCUT2D eigenvalue weighted by Crippen LogP contribution is 2.52. The fourth-order valence-corrected chi connectivity index (χ4v) is 8.19. The number of methoxy groups -OCH3 is 2. The van der Waals surface area contributed by atoms with E-state index in [4.69, 9.17) is 9.47 Å². The lowest BCUT2D eigenvalue weighted by Crippen LogP contribution is -2.23. The Kier molecular flexibility index (Phi) is 14.9. The minimum Gasteiger partial charge on any atom is -0.504 e. The van der Waals surface area contributed by atoms with Crippen LogP contribution in [0.4, 0.5) is 0 Å². The number of benzene rings is 2. The van der Waals surface area contributed by atoms with E-state index in [0.717, 1.165) is 73.6 Å². The van der Waals surface area contributed by atoms with Gasteiger partial charge >= 0.3 is 0 Å². The molecule has 268 valence electrons. The van der Waals surface area contributed by atoms with Crippen molar-refractivity contribution >= 4 is 0 Å². The molecule has 4 N–H and O–H groups in total. The zero-order chi connectivity index (χ0) is 35.7. The summed E-state index contributed by atoms with van der Waals surface area (Å²) in [6.45, 7) is 17.1. The summed E-state index contributed by atoms with van der Waals surface area (Å²) in [5, 5.41) is 41.0. The zero-order valence-corrected chi connectivity index (χ0v) is 31.4. The van der Waals surface area contributed by atoms with E-state index < -0.39 is 0 Å². The molecule has 0 radical (unpaired) electrons. The third-order valence-corrected chi connectivity index (χ3v) is 10.8. The molecule has 0 fully saturated rings. The van der Waals surface area contributed by atoms with Crippen LogP contribution in [-0.4, -0.2) is 47.9 Å². The summed E-state index contributed by atoms with van der Waals surface area (Å²) in [5.74, 6) is 3.59. The Labute approximate surface area is 290 Å². The Morgan fingerprint density at radius 2 is 1.12 bits per heavy atom. The summed E-state index contributed by atoms with van der Waals surface area (Å²) in [6.07, 6.45) is 12.7. The SMILES string of the molecule is COc1c(C)cc2c(c1O)[C@H](C)CCC2[C@@H](CO)CCC=C(C)C.COc1c(O)c(C)cc2c1[C@H](C)CCC2[C@@H](CO)CCC=C(C)C. The number of phenols is 2. The van der Waals surface area contributed by atoms with Crippen molar-refractivity contribution in [2.24, 2.45) is 11.8 Å². The number of allylic oxidation sites excluding steroid dienone is 4. The second kappa shape index (κ2) is 18.2. The molecule has 2 aromatic carbocycles. The number of aliphatic hydroxyl groups is 2. The fourth-order valence-electron chi connectivity index (χ4n) is 8.19. The van der Waals surface area contributed by atoms with E-state index in [2.05, 4.69) is 65.8 Å². The van der Waals surface area contributed by atoms with Crippen molar-refractivity contribution in [3.05, 3.63) is 68.8 Å². The molecule has 0 aromatic heterocycles. The van der Waals surface area contributed by atoms with Crippen molar-refractivity contribution in [3.8, 4) is 23.0 Å². The van der Waals surface area contributed by atoms with Gasteiger partial charge in [-0.15, -0.1) is 0 Å². The quantitative estimate of drug-likeness (QED) is 0.169. The monoisotopic (exact) mass is 664 g/mol. The van der Waals surface area contributed by atoms with Crippen LogP contribution >= 0.6 is 0 Å². The van der Waals surface area contributed by atoms with Gasteiger partial charge in [0.05, 0.1) is 14.2 Å². The molecular formula is C42H64O6. The molecule has 0 aliphatic heterocycles. The van der Waals surface area contributed by atoms with Crippen molar-refractivity contribution in [1.82, 2.24) is 0 Å². The number of aromatic hydroxyl groups is 2. The molecule has 6 heteroatoms. The van der Waals surface area contributed by atoms with Crippen LogP contribution in [0.25, 0.3) is 0 Å². The van der Waals surface area contributed by atoms with E-state index >= 15 is 0 Å². The van der Waals surface area contributed by atoms with E-state index in [-0.39, 0.29) is 30.8 Å². The molecular weight excluding hydrogens is 600 g/mol. The number of fused-ring (bicyclic) bond motifs is 2. The van der Waals surface area contributed by atoms with Crippen LogP contribution in [0, 0.1) is 25.7 Å². The predicted molar refractivity (Wildman–Crippen MR) is 198 cm³/mol. The second-order valence-electron chi connectivity index (χ2n) is 14.9. The van der Waals surface area contributed by atoms with Crippen LogP contribution in [0.5, 0.6) is 23.0 Å². The number of hydrogen-bond donors (Lipinski definition) is 4. The van der Waals surface area contributed by atoms with Crippen molar-refractivity contribution in [2.45, 2.75) is 130 Å². The lowest BCUT2D eigenvalue weighted by molar-refractivity contribution is 0.185. The molecule has 0 bridgehead atoms. The average molecular weight is 665 g/mol. The van der Waals surface area contributed by atoms with Gasteiger partial charge in [-0.2, -0.15) is 0 Å². The molecule has 2 unspecified atom stereocenters. The van der Waals surface area contributed by atoms with Crippen molar-refractivity contribution in [3.63, 3.8) is 0 Å². The van der Waals surface area contributed by atoms with Gasteiger partial charge in [-0.25, -0.2) is 0 Å². The molecule has 6 atom stereocenters. The third kappa shape index (κ3) is 9.18. The van der Waals surface area contributed by atoms with Gasteiger partial charge in [0.25, 0.3) is 0 Å². The predicted octanol–water partition coefficient (Wildman–Crippen LogP) is 10.1. The maximum atomic E-state index is 10.7. The van der Waals surface area contributed by atoms with Gasteiger partial charge in [0, 0.05) is 24.3 Å². The van der Waals surface area contributed by atoms with E-state index in [1.165, 1.54) is 22.3 Å². The number of aliphatic hydroxyl groups excluding tert-OH is 2. The maximum absolute atomic E-state index is 10.7. The summed E-state index contributed by atoms with van der Waals surface area (Å²) in [4.78, 5) is 0. The third-order valence-electron chi connectivity index (χ3n) is 10.8. The van der Waals surface area contributed by atoms with Crippen molar-refractivity contribution < 1.29 is 29.9 Å². The highest BCUT2D eigenvalue weighted by atomic mass is 16.5. The van der Waals surface area contributed by atoms with E-state index in [1.54, 1.807) is 14.2 Å². The Hall–Kier alpha value is -2.96. The van der Waals surface area contributed by atoms with E-state index in [1.807, 2.05) is 13.8 Å². The standard InChI is InChI=1S/2C21H32O3/c1-13(2)7-6-8-16(12-22)17-10-9-14(3)19-18(17)11-15(4)21(24-5)20(19)23;1-13(2)7-6-8-16(12-22)17-10-9-14(3)19-18(17)11-15(4)20(23)21(19)24-5/h2*7,11,14,16-17,22-23H,6,8-10,12H2,1-5H3/t2*14-,16-,17?/m11/s1. The Morgan fingerprint density at radius 1 is 0.688 bits per heavy atom. The number of rotatable bonds is 12. The molecule has 0 heterocycles. The molecule has 0 saturated carbocycles. The number of ether oxygens (including phenoxy) is 2. The number of hydrogen-bond acceptors (Lipinski definition) is 6. The number of aryl methyl sites for hydroxylation is 2. The fraction of sp³-hybridized carbons (Fsp3) is 0.619. The lowest BCUT2D eigenvalue weighted by Gasteiger charge is -2.36. The average Bonchev–Trinajstić information content (AvgIpc) is 3.03. The largest absolute Gasteiger partial charge is 0.504 e. The normalized spacial score (nSPS) is 21.1. The first kappa shape index (κ1) is 39.5. The Morgan fingerprint density at radius 3 is 1.56 bits per heavy atom. The van der Waals surface area contributed by atoms with Crippen LogP contribution in [-0.2, 0) is 0 Å². The first-order valence-corrected chi connectivity index (χ1v) is 18.1. The minimum atomic E-state index is 0.195. The van der Waals surface area contributed by atoms with Gasteiger partial charge in [0.1, 0.15) is 0 Å². The summed E-state index contributed by atoms with van der Waals surface area (Å²) >= 11 is 0. The maximum Gasteiger partial charge on any atom is 0.164 e. The molecule has 0 amide bonds. The number of phenolic OH excluding ortho intramolecular Hbond substituents is 2. The smallest absolute Gasteiger partial charge is 0.164 e. The van der Waals surface area contributed by atoms with Crippen LogP contribution in [0.1, 0.15) is 150 Å². The van der Waals surface area contributed by atoms with Gasteiger partial charge < -0.3 is 29.9 Å². The first-order chi connectivity index (χ1) is 22.8. The summed E-state index contributed by atoms with van der Waals surface area (Å²) in [7, 11) is 3.23. The van der Waals surface area contributed by atoms with Gasteiger partial charge in [-0.1, -0.05) is 49.3 Å². The van der Waals surface area contributed by atoms with E-state index in [0.29, 0.717) is 40.9 Å². The van der Waals surface area contributed by atoms with Crippen LogP contribution in [0.2, 0.25) is 0 Å². The van der Waals surface area contributed by atoms with Crippen molar-refractivity contribution in [2.75, 3.05) is 27.4 Å². The van der Waals surface area contributed by atoms with Crippen LogP contribution in [0.3, 0.4) is 0 Å². The molecule has 0 spiro atoms. The zero-order valence-electron chi connectivity index (χ0n) is 31.4. The summed E-state index contributed by atoms with van der Waals surface area (Å²) in [5.41, 5.74) is 9.10. The van der Waals surface area contributed by atoms with Gasteiger partial charge in [0.2, 0.25) is 0 Å². The van der Waals surface area contributed by atoms with Crippen LogP contribution < -0.4 is 9.47 Å². The molecule has 2 aromatic rings. The second-order valence-corrected chi connectivity index (χ2v) is 14.9. The van der Waals surface area contributed by atoms with E-state index in [9.17, 15) is 20.4 Å². The first-order valence-electron chi connectivity index (χ1n) is 18.1. The molecule has 6 nitrogen and oxygen atoms in total. The van der Waals surface area contributed by atoms with Gasteiger partial charge in [-0.3, -0.25) is 0 Å².